The number of pyridine rings is 1. The Morgan fingerprint density at radius 1 is 1.30 bits per heavy atom. The van der Waals surface area contributed by atoms with Gasteiger partial charge in [0.05, 0.1) is 0 Å². The second-order valence-electron chi connectivity index (χ2n) is 5.86. The van der Waals surface area contributed by atoms with Crippen LogP contribution in [0.3, 0.4) is 0 Å². The van der Waals surface area contributed by atoms with Gasteiger partial charge in [-0.2, -0.15) is 0 Å². The molecule has 1 aromatic heterocycles. The Balaban J connectivity index is 2.52. The molecule has 0 fully saturated rings. The Morgan fingerprint density at radius 2 is 2.05 bits per heavy atom. The second-order valence-corrected chi connectivity index (χ2v) is 5.86. The average molecular weight is 283 g/mol. The SMILES string of the molecule is COCCCCNc1nccc(CNC(C)(C)C)c1F. The molecule has 0 radical (unpaired) electrons. The molecule has 1 heterocycles. The average Bonchev–Trinajstić information content (AvgIpc) is 2.38. The van der Waals surface area contributed by atoms with E-state index < -0.39 is 0 Å². The van der Waals surface area contributed by atoms with Crippen molar-refractivity contribution in [3.8, 4) is 0 Å². The molecule has 2 N–H and O–H groups in total. The summed E-state index contributed by atoms with van der Waals surface area (Å²) >= 11 is 0. The van der Waals surface area contributed by atoms with Gasteiger partial charge in [0.15, 0.2) is 11.6 Å². The number of anilines is 1. The number of nitrogens with one attached hydrogen (secondary N) is 2. The molecule has 5 heteroatoms. The van der Waals surface area contributed by atoms with Crippen LogP contribution in [-0.2, 0) is 11.3 Å². The van der Waals surface area contributed by atoms with Crippen LogP contribution in [0.1, 0.15) is 39.2 Å². The van der Waals surface area contributed by atoms with Crippen molar-refractivity contribution in [1.82, 2.24) is 10.3 Å². The summed E-state index contributed by atoms with van der Waals surface area (Å²) in [4.78, 5) is 4.06. The first kappa shape index (κ1) is 16.9. The quantitative estimate of drug-likeness (QED) is 0.720. The lowest BCUT2D eigenvalue weighted by Gasteiger charge is -2.21. The van der Waals surface area contributed by atoms with Crippen LogP contribution < -0.4 is 10.6 Å². The van der Waals surface area contributed by atoms with Crippen LogP contribution in [0.2, 0.25) is 0 Å². The fraction of sp³-hybridized carbons (Fsp3) is 0.667. The van der Waals surface area contributed by atoms with Gasteiger partial charge in [0.1, 0.15) is 0 Å². The molecule has 0 aliphatic rings. The van der Waals surface area contributed by atoms with Gasteiger partial charge in [-0.3, -0.25) is 0 Å². The Kier molecular flexibility index (Phi) is 6.88. The van der Waals surface area contributed by atoms with Crippen LogP contribution in [0, 0.1) is 5.82 Å². The van der Waals surface area contributed by atoms with Gasteiger partial charge >= 0.3 is 0 Å². The molecule has 1 rings (SSSR count). The summed E-state index contributed by atoms with van der Waals surface area (Å²) in [6.45, 7) is 8.09. The van der Waals surface area contributed by atoms with Crippen molar-refractivity contribution in [2.75, 3.05) is 25.6 Å². The third-order valence-electron chi connectivity index (χ3n) is 2.85. The monoisotopic (exact) mass is 283 g/mol. The van der Waals surface area contributed by atoms with E-state index in [1.54, 1.807) is 19.4 Å². The van der Waals surface area contributed by atoms with E-state index >= 15 is 0 Å². The first-order chi connectivity index (χ1) is 9.44. The van der Waals surface area contributed by atoms with Gasteiger partial charge in [0.25, 0.3) is 0 Å². The van der Waals surface area contributed by atoms with Crippen LogP contribution in [-0.4, -0.2) is 30.8 Å². The fourth-order valence-corrected chi connectivity index (χ4v) is 1.68. The molecule has 20 heavy (non-hydrogen) atoms. The highest BCUT2D eigenvalue weighted by Crippen LogP contribution is 2.16. The zero-order chi connectivity index (χ0) is 15.0. The first-order valence-electron chi connectivity index (χ1n) is 7.05. The second kappa shape index (κ2) is 8.17. The molecule has 0 aromatic carbocycles. The maximum absolute atomic E-state index is 14.2. The molecule has 0 saturated heterocycles. The van der Waals surface area contributed by atoms with E-state index in [9.17, 15) is 4.39 Å². The molecule has 0 atom stereocenters. The maximum Gasteiger partial charge on any atom is 0.169 e. The highest BCUT2D eigenvalue weighted by Gasteiger charge is 2.13. The summed E-state index contributed by atoms with van der Waals surface area (Å²) in [6.07, 6.45) is 3.52. The minimum Gasteiger partial charge on any atom is -0.385 e. The lowest BCUT2D eigenvalue weighted by Crippen LogP contribution is -2.35. The predicted molar refractivity (Wildman–Crippen MR) is 80.4 cm³/mol. The molecule has 0 unspecified atom stereocenters. The number of rotatable bonds is 8. The third kappa shape index (κ3) is 6.30. The third-order valence-corrected chi connectivity index (χ3v) is 2.85. The molecule has 1 aromatic rings. The van der Waals surface area contributed by atoms with Gasteiger partial charge in [-0.1, -0.05) is 0 Å². The lowest BCUT2D eigenvalue weighted by molar-refractivity contribution is 0.193. The summed E-state index contributed by atoms with van der Waals surface area (Å²) < 4.78 is 19.2. The van der Waals surface area contributed by atoms with Crippen LogP contribution in [0.25, 0.3) is 0 Å². The topological polar surface area (TPSA) is 46.2 Å². The normalized spacial score (nSPS) is 11.7. The first-order valence-corrected chi connectivity index (χ1v) is 7.05. The van der Waals surface area contributed by atoms with E-state index in [0.717, 1.165) is 19.4 Å². The van der Waals surface area contributed by atoms with Crippen LogP contribution in [0.5, 0.6) is 0 Å². The molecule has 0 spiro atoms. The summed E-state index contributed by atoms with van der Waals surface area (Å²) in [5.74, 6) is 0.0617. The maximum atomic E-state index is 14.2. The minimum atomic E-state index is -0.268. The molecular weight excluding hydrogens is 257 g/mol. The Hall–Kier alpha value is -1.20. The number of hydrogen-bond donors (Lipinski definition) is 2. The van der Waals surface area contributed by atoms with Crippen molar-refractivity contribution in [3.05, 3.63) is 23.6 Å². The zero-order valence-electron chi connectivity index (χ0n) is 12.9. The summed E-state index contributed by atoms with van der Waals surface area (Å²) in [7, 11) is 1.68. The zero-order valence-corrected chi connectivity index (χ0v) is 12.9. The smallest absolute Gasteiger partial charge is 0.169 e. The van der Waals surface area contributed by atoms with Crippen molar-refractivity contribution < 1.29 is 9.13 Å². The van der Waals surface area contributed by atoms with Crippen LogP contribution in [0.15, 0.2) is 12.3 Å². The van der Waals surface area contributed by atoms with Gasteiger partial charge in [-0.15, -0.1) is 0 Å². The fourth-order valence-electron chi connectivity index (χ4n) is 1.68. The molecule has 0 aliphatic carbocycles. The molecule has 0 bridgehead atoms. The van der Waals surface area contributed by atoms with Crippen molar-refractivity contribution in [1.29, 1.82) is 0 Å². The van der Waals surface area contributed by atoms with Gasteiger partial charge in [0.2, 0.25) is 0 Å². The lowest BCUT2D eigenvalue weighted by atomic mass is 10.1. The molecule has 4 nitrogen and oxygen atoms in total. The van der Waals surface area contributed by atoms with Crippen LogP contribution in [0.4, 0.5) is 10.2 Å². The molecule has 0 amide bonds. The molecular formula is C15H26FN3O. The standard InChI is InChI=1S/C15H26FN3O/c1-15(2,3)19-11-12-7-9-18-14(13(12)16)17-8-5-6-10-20-4/h7,9,19H,5-6,8,10-11H2,1-4H3,(H,17,18). The minimum absolute atomic E-state index is 0.0382. The van der Waals surface area contributed by atoms with Crippen molar-refractivity contribution in [2.24, 2.45) is 0 Å². The molecule has 0 saturated carbocycles. The largest absolute Gasteiger partial charge is 0.385 e. The number of halogens is 1. The Bertz CT molecular complexity index is 405. The number of hydrogen-bond acceptors (Lipinski definition) is 4. The van der Waals surface area contributed by atoms with Gasteiger partial charge in [-0.25, -0.2) is 9.37 Å². The van der Waals surface area contributed by atoms with Crippen molar-refractivity contribution >= 4 is 5.82 Å². The highest BCUT2D eigenvalue weighted by atomic mass is 19.1. The number of ether oxygens (including phenoxy) is 1. The predicted octanol–water partition coefficient (Wildman–Crippen LogP) is 2.95. The number of nitrogens with zero attached hydrogens (tertiary/aromatic N) is 1. The van der Waals surface area contributed by atoms with E-state index in [2.05, 4.69) is 36.4 Å². The van der Waals surface area contributed by atoms with E-state index in [1.165, 1.54) is 0 Å². The van der Waals surface area contributed by atoms with E-state index in [1.807, 2.05) is 0 Å². The summed E-state index contributed by atoms with van der Waals surface area (Å²) in [6, 6.07) is 1.71. The van der Waals surface area contributed by atoms with Crippen molar-refractivity contribution in [2.45, 2.75) is 45.7 Å². The molecule has 114 valence electrons. The Morgan fingerprint density at radius 3 is 2.70 bits per heavy atom. The molecule has 0 aliphatic heterocycles. The number of unbranched alkanes of at least 4 members (excludes halogenated alkanes) is 1. The Labute approximate surface area is 121 Å². The van der Waals surface area contributed by atoms with E-state index in [0.29, 0.717) is 24.5 Å². The summed E-state index contributed by atoms with van der Waals surface area (Å²) in [5.41, 5.74) is 0.595. The number of aromatic nitrogens is 1. The van der Waals surface area contributed by atoms with Crippen LogP contribution >= 0.6 is 0 Å². The van der Waals surface area contributed by atoms with Gasteiger partial charge in [0, 0.05) is 44.1 Å². The summed E-state index contributed by atoms with van der Waals surface area (Å²) in [5, 5.41) is 6.32. The van der Waals surface area contributed by atoms with Gasteiger partial charge in [-0.05, 0) is 39.7 Å². The van der Waals surface area contributed by atoms with Crippen molar-refractivity contribution in [3.63, 3.8) is 0 Å². The van der Waals surface area contributed by atoms with E-state index in [-0.39, 0.29) is 11.4 Å². The van der Waals surface area contributed by atoms with E-state index in [4.69, 9.17) is 4.74 Å². The van der Waals surface area contributed by atoms with Gasteiger partial charge < -0.3 is 15.4 Å². The highest BCUT2D eigenvalue weighted by molar-refractivity contribution is 5.39. The number of methoxy groups -OCH3 is 1.